The predicted octanol–water partition coefficient (Wildman–Crippen LogP) is 0.926. The van der Waals surface area contributed by atoms with Crippen LogP contribution in [-0.4, -0.2) is 22.7 Å². The number of ether oxygens (including phenoxy) is 1. The molecule has 0 aliphatic rings. The molecule has 0 aromatic rings. The summed E-state index contributed by atoms with van der Waals surface area (Å²) < 4.78 is 5.09. The third kappa shape index (κ3) is 6.18. The van der Waals surface area contributed by atoms with Crippen molar-refractivity contribution in [2.24, 2.45) is 0 Å². The molecule has 7 heavy (non-hydrogen) atoms. The Morgan fingerprint density at radius 3 is 2.71 bits per heavy atom. The van der Waals surface area contributed by atoms with Gasteiger partial charge in [-0.15, -0.1) is 0 Å². The smallest absolute Gasteiger partial charge is 0.0437 e. The summed E-state index contributed by atoms with van der Waals surface area (Å²) in [5, 5.41) is 0. The summed E-state index contributed by atoms with van der Waals surface area (Å²) in [5.41, 5.74) is 0. The van der Waals surface area contributed by atoms with Crippen molar-refractivity contribution in [2.75, 3.05) is 13.2 Å². The van der Waals surface area contributed by atoms with Crippen LogP contribution in [0, 0.1) is 0 Å². The van der Waals surface area contributed by atoms with Gasteiger partial charge in [0.15, 0.2) is 0 Å². The zero-order valence-corrected chi connectivity index (χ0v) is 6.26. The van der Waals surface area contributed by atoms with Gasteiger partial charge in [0.05, 0.1) is 0 Å². The number of hydrogen-bond acceptors (Lipinski definition) is 1. The van der Waals surface area contributed by atoms with E-state index in [1.165, 1.54) is 6.04 Å². The molecule has 0 spiro atoms. The van der Waals surface area contributed by atoms with Crippen LogP contribution in [0.25, 0.3) is 0 Å². The van der Waals surface area contributed by atoms with Crippen LogP contribution in [0.1, 0.15) is 6.92 Å². The van der Waals surface area contributed by atoms with Gasteiger partial charge in [0.25, 0.3) is 0 Å². The second kappa shape index (κ2) is 6.18. The molecule has 0 aliphatic heterocycles. The molecule has 0 saturated heterocycles. The van der Waals surface area contributed by atoms with Gasteiger partial charge in [-0.2, -0.15) is 0 Å². The largest absolute Gasteiger partial charge is 0.382 e. The van der Waals surface area contributed by atoms with Crippen molar-refractivity contribution in [3.63, 3.8) is 0 Å². The van der Waals surface area contributed by atoms with Gasteiger partial charge in [-0.3, -0.25) is 0 Å². The quantitative estimate of drug-likeness (QED) is 0.393. The van der Waals surface area contributed by atoms with Gasteiger partial charge in [0.1, 0.15) is 0 Å². The number of hydrogen-bond donors (Lipinski definition) is 0. The van der Waals surface area contributed by atoms with Gasteiger partial charge in [0, 0.05) is 22.7 Å². The van der Waals surface area contributed by atoms with E-state index in [4.69, 9.17) is 4.74 Å². The first-order valence-corrected chi connectivity index (χ1v) is 4.74. The Morgan fingerprint density at radius 1 is 1.57 bits per heavy atom. The molecule has 1 radical (unpaired) electrons. The predicted molar refractivity (Wildman–Crippen MR) is 34.3 cm³/mol. The van der Waals surface area contributed by atoms with Crippen molar-refractivity contribution < 1.29 is 4.74 Å². The average molecular weight is 117 g/mol. The maximum absolute atomic E-state index is 5.09. The van der Waals surface area contributed by atoms with Gasteiger partial charge in [-0.25, -0.2) is 0 Å². The van der Waals surface area contributed by atoms with Gasteiger partial charge in [-0.05, 0) is 13.0 Å². The van der Waals surface area contributed by atoms with E-state index in [0.717, 1.165) is 13.2 Å². The second-order valence-corrected chi connectivity index (χ2v) is 2.79. The van der Waals surface area contributed by atoms with E-state index in [1.54, 1.807) is 0 Å². The molecular weight excluding hydrogens is 104 g/mol. The Balaban J connectivity index is 2.45. The lowest BCUT2D eigenvalue weighted by molar-refractivity contribution is 0.162. The van der Waals surface area contributed by atoms with Crippen LogP contribution in [0.4, 0.5) is 0 Å². The lowest BCUT2D eigenvalue weighted by atomic mass is 10.8. The molecule has 0 aromatic carbocycles. The highest BCUT2D eigenvalue weighted by molar-refractivity contribution is 6.33. The minimum atomic E-state index is 0.656. The Morgan fingerprint density at radius 2 is 2.29 bits per heavy atom. The highest BCUT2D eigenvalue weighted by atomic mass is 28.2. The second-order valence-electron chi connectivity index (χ2n) is 1.39. The third-order valence-corrected chi connectivity index (χ3v) is 1.57. The van der Waals surface area contributed by atoms with Crippen LogP contribution in [0.2, 0.25) is 12.6 Å². The van der Waals surface area contributed by atoms with Crippen LogP contribution in [-0.2, 0) is 4.74 Å². The van der Waals surface area contributed by atoms with E-state index in [0.29, 0.717) is 9.52 Å². The topological polar surface area (TPSA) is 9.23 Å². The Hall–Kier alpha value is 0.177. The molecular formula is C5H13OSi. The Kier molecular flexibility index (Phi) is 6.33. The van der Waals surface area contributed by atoms with Crippen molar-refractivity contribution in [1.29, 1.82) is 0 Å². The van der Waals surface area contributed by atoms with E-state index in [2.05, 4.69) is 6.55 Å². The summed E-state index contributed by atoms with van der Waals surface area (Å²) in [5.74, 6) is 0. The van der Waals surface area contributed by atoms with Crippen LogP contribution < -0.4 is 0 Å². The maximum Gasteiger partial charge on any atom is 0.0437 e. The molecule has 0 bridgehead atoms. The van der Waals surface area contributed by atoms with Crippen molar-refractivity contribution in [3.05, 3.63) is 0 Å². The van der Waals surface area contributed by atoms with Gasteiger partial charge in [0.2, 0.25) is 0 Å². The molecule has 0 amide bonds. The van der Waals surface area contributed by atoms with Crippen LogP contribution in [0.3, 0.4) is 0 Å². The summed E-state index contributed by atoms with van der Waals surface area (Å²) in [4.78, 5) is 0. The molecule has 1 nitrogen and oxygen atoms in total. The maximum atomic E-state index is 5.09. The molecule has 0 aromatic heterocycles. The molecule has 2 heteroatoms. The fourth-order valence-electron chi connectivity index (χ4n) is 0.346. The first kappa shape index (κ1) is 7.18. The van der Waals surface area contributed by atoms with Crippen LogP contribution in [0.15, 0.2) is 0 Å². The zero-order chi connectivity index (χ0) is 5.54. The summed E-state index contributed by atoms with van der Waals surface area (Å²) in [6.07, 6.45) is 0. The SMILES string of the molecule is CCOCC[SiH]C. The normalized spacial score (nSPS) is 9.43. The molecule has 0 rings (SSSR count). The van der Waals surface area contributed by atoms with Crippen LogP contribution >= 0.6 is 0 Å². The highest BCUT2D eigenvalue weighted by Gasteiger charge is 1.79. The van der Waals surface area contributed by atoms with Gasteiger partial charge in [-0.1, -0.05) is 6.55 Å². The first-order chi connectivity index (χ1) is 3.41. The van der Waals surface area contributed by atoms with Gasteiger partial charge >= 0.3 is 0 Å². The van der Waals surface area contributed by atoms with Crippen molar-refractivity contribution in [2.45, 2.75) is 19.5 Å². The summed E-state index contributed by atoms with van der Waals surface area (Å²) >= 11 is 0. The molecule has 0 atom stereocenters. The fraction of sp³-hybridized carbons (Fsp3) is 1.00. The summed E-state index contributed by atoms with van der Waals surface area (Å²) in [6, 6.07) is 1.29. The molecule has 0 fully saturated rings. The summed E-state index contributed by atoms with van der Waals surface area (Å²) in [6.45, 7) is 6.13. The molecule has 0 heterocycles. The first-order valence-electron chi connectivity index (χ1n) is 2.77. The molecule has 0 unspecified atom stereocenters. The Labute approximate surface area is 47.9 Å². The van der Waals surface area contributed by atoms with Gasteiger partial charge < -0.3 is 4.74 Å². The van der Waals surface area contributed by atoms with E-state index in [-0.39, 0.29) is 0 Å². The molecule has 0 aliphatic carbocycles. The van der Waals surface area contributed by atoms with E-state index in [9.17, 15) is 0 Å². The lowest BCUT2D eigenvalue weighted by Crippen LogP contribution is -1.94. The van der Waals surface area contributed by atoms with E-state index < -0.39 is 0 Å². The molecule has 0 saturated carbocycles. The minimum absolute atomic E-state index is 0.656. The average Bonchev–Trinajstić information content (AvgIpc) is 1.69. The van der Waals surface area contributed by atoms with E-state index in [1.807, 2.05) is 6.92 Å². The zero-order valence-electron chi connectivity index (χ0n) is 5.11. The monoisotopic (exact) mass is 117 g/mol. The standard InChI is InChI=1S/C5H13OSi/c1-3-6-4-5-7-2/h7H,3-5H2,1-2H3. The van der Waals surface area contributed by atoms with E-state index >= 15 is 0 Å². The molecule has 0 N–H and O–H groups in total. The lowest BCUT2D eigenvalue weighted by Gasteiger charge is -1.94. The van der Waals surface area contributed by atoms with Crippen molar-refractivity contribution in [1.82, 2.24) is 0 Å². The minimum Gasteiger partial charge on any atom is -0.382 e. The highest BCUT2D eigenvalue weighted by Crippen LogP contribution is 1.79. The van der Waals surface area contributed by atoms with Crippen LogP contribution in [0.5, 0.6) is 0 Å². The summed E-state index contributed by atoms with van der Waals surface area (Å²) in [7, 11) is 0.656. The number of rotatable bonds is 4. The van der Waals surface area contributed by atoms with Crippen molar-refractivity contribution >= 4 is 9.52 Å². The van der Waals surface area contributed by atoms with Crippen molar-refractivity contribution in [3.8, 4) is 0 Å². The third-order valence-electron chi connectivity index (χ3n) is 0.755. The Bertz CT molecular complexity index is 27.3. The fourth-order valence-corrected chi connectivity index (χ4v) is 0.748. The molecule has 43 valence electrons.